The Bertz CT molecular complexity index is 935. The second kappa shape index (κ2) is 9.91. The van der Waals surface area contributed by atoms with E-state index in [4.69, 9.17) is 4.74 Å². The van der Waals surface area contributed by atoms with E-state index in [-0.39, 0.29) is 5.82 Å². The Balaban J connectivity index is 1.74. The maximum Gasteiger partial charge on any atom is 0.416 e. The Morgan fingerprint density at radius 1 is 0.933 bits per heavy atom. The maximum atomic E-state index is 13.1. The van der Waals surface area contributed by atoms with E-state index in [2.05, 4.69) is 9.47 Å². The molecule has 0 aliphatic carbocycles. The molecule has 3 rings (SSSR count). The number of rotatable bonds is 9. The Kier molecular flexibility index (Phi) is 7.29. The lowest BCUT2D eigenvalue weighted by Crippen LogP contribution is -2.28. The molecule has 1 heterocycles. The first-order valence-electron chi connectivity index (χ1n) is 9.61. The van der Waals surface area contributed by atoms with Crippen LogP contribution >= 0.6 is 0 Å². The molecule has 0 aliphatic rings. The van der Waals surface area contributed by atoms with E-state index in [0.717, 1.165) is 17.3 Å². The monoisotopic (exact) mass is 420 g/mol. The van der Waals surface area contributed by atoms with Crippen molar-refractivity contribution in [3.8, 4) is 0 Å². The summed E-state index contributed by atoms with van der Waals surface area (Å²) in [5.74, 6) is -0.279. The van der Waals surface area contributed by atoms with E-state index in [0.29, 0.717) is 38.3 Å². The largest absolute Gasteiger partial charge is 0.416 e. The van der Waals surface area contributed by atoms with Crippen LogP contribution < -0.4 is 0 Å². The number of halogens is 4. The minimum absolute atomic E-state index is 0.279. The molecule has 0 amide bonds. The molecule has 3 nitrogen and oxygen atoms in total. The fourth-order valence-electron chi connectivity index (χ4n) is 3.30. The molecule has 30 heavy (non-hydrogen) atoms. The van der Waals surface area contributed by atoms with Crippen molar-refractivity contribution in [3.63, 3.8) is 0 Å². The van der Waals surface area contributed by atoms with E-state index in [1.807, 2.05) is 18.3 Å². The van der Waals surface area contributed by atoms with Gasteiger partial charge in [-0.2, -0.15) is 13.2 Å². The van der Waals surface area contributed by atoms with E-state index >= 15 is 0 Å². The third-order valence-corrected chi connectivity index (χ3v) is 4.85. The van der Waals surface area contributed by atoms with Gasteiger partial charge in [-0.05, 0) is 41.5 Å². The summed E-state index contributed by atoms with van der Waals surface area (Å²) in [4.78, 5) is 2.05. The molecule has 0 spiro atoms. The third kappa shape index (κ3) is 6.18. The maximum absolute atomic E-state index is 13.1. The average molecular weight is 420 g/mol. The highest BCUT2D eigenvalue weighted by Gasteiger charge is 2.30. The number of benzene rings is 2. The normalized spacial score (nSPS) is 11.9. The van der Waals surface area contributed by atoms with Crippen LogP contribution in [0.15, 0.2) is 66.9 Å². The highest BCUT2D eigenvalue weighted by Crippen LogP contribution is 2.29. The van der Waals surface area contributed by atoms with Crippen molar-refractivity contribution in [2.75, 3.05) is 20.3 Å². The number of methoxy groups -OCH3 is 1. The fourth-order valence-corrected chi connectivity index (χ4v) is 3.30. The average Bonchev–Trinajstić information content (AvgIpc) is 3.14. The van der Waals surface area contributed by atoms with Crippen LogP contribution in [0.1, 0.15) is 22.4 Å². The molecule has 0 unspecified atom stereocenters. The quantitative estimate of drug-likeness (QED) is 0.435. The first-order chi connectivity index (χ1) is 14.3. The van der Waals surface area contributed by atoms with E-state index in [9.17, 15) is 17.6 Å². The van der Waals surface area contributed by atoms with Crippen LogP contribution in [-0.2, 0) is 30.5 Å². The molecule has 0 saturated carbocycles. The van der Waals surface area contributed by atoms with Gasteiger partial charge in [0.2, 0.25) is 0 Å². The molecule has 3 aromatic rings. The number of hydrogen-bond acceptors (Lipinski definition) is 2. The van der Waals surface area contributed by atoms with E-state index in [1.165, 1.54) is 24.3 Å². The van der Waals surface area contributed by atoms with Crippen LogP contribution in [0.4, 0.5) is 17.6 Å². The standard InChI is InChI=1S/C23H24F4N2O/c1-30-13-12-28(15-19-4-2-5-20(14-19)23(25,26)27)17-22-6-3-11-29(22)16-18-7-9-21(24)10-8-18/h2-11,14H,12-13,15-17H2,1H3. The molecule has 0 radical (unpaired) electrons. The van der Waals surface area contributed by atoms with Gasteiger partial charge in [-0.15, -0.1) is 0 Å². The van der Waals surface area contributed by atoms with Gasteiger partial charge in [-0.25, -0.2) is 4.39 Å². The number of hydrogen-bond donors (Lipinski definition) is 0. The summed E-state index contributed by atoms with van der Waals surface area (Å²) < 4.78 is 59.5. The minimum Gasteiger partial charge on any atom is -0.383 e. The second-order valence-corrected chi connectivity index (χ2v) is 7.16. The van der Waals surface area contributed by atoms with Crippen LogP contribution in [0.3, 0.4) is 0 Å². The molecule has 0 aliphatic heterocycles. The summed E-state index contributed by atoms with van der Waals surface area (Å²) in [7, 11) is 1.60. The van der Waals surface area contributed by atoms with E-state index in [1.54, 1.807) is 25.3 Å². The molecule has 0 N–H and O–H groups in total. The zero-order chi connectivity index (χ0) is 21.6. The van der Waals surface area contributed by atoms with Crippen molar-refractivity contribution in [2.24, 2.45) is 0 Å². The van der Waals surface area contributed by atoms with Crippen molar-refractivity contribution >= 4 is 0 Å². The van der Waals surface area contributed by atoms with E-state index < -0.39 is 11.7 Å². The Morgan fingerprint density at radius 2 is 1.70 bits per heavy atom. The SMILES string of the molecule is COCCN(Cc1cccc(C(F)(F)F)c1)Cc1cccn1Cc1ccc(F)cc1. The first kappa shape index (κ1) is 22.1. The van der Waals surface area contributed by atoms with Crippen molar-refractivity contribution in [2.45, 2.75) is 25.8 Å². The predicted octanol–water partition coefficient (Wildman–Crippen LogP) is 5.34. The van der Waals surface area contributed by atoms with Gasteiger partial charge < -0.3 is 9.30 Å². The molecule has 160 valence electrons. The summed E-state index contributed by atoms with van der Waals surface area (Å²) in [6, 6.07) is 15.7. The summed E-state index contributed by atoms with van der Waals surface area (Å²) in [5.41, 5.74) is 1.93. The van der Waals surface area contributed by atoms with Gasteiger partial charge in [0.25, 0.3) is 0 Å². The fraction of sp³-hybridized carbons (Fsp3) is 0.304. The summed E-state index contributed by atoms with van der Waals surface area (Å²) in [6.07, 6.45) is -2.42. The molecule has 0 fully saturated rings. The summed E-state index contributed by atoms with van der Waals surface area (Å²) in [6.45, 7) is 2.55. The smallest absolute Gasteiger partial charge is 0.383 e. The number of alkyl halides is 3. The van der Waals surface area contributed by atoms with Crippen LogP contribution in [0.25, 0.3) is 0 Å². The van der Waals surface area contributed by atoms with Crippen LogP contribution in [-0.4, -0.2) is 29.7 Å². The molecule has 7 heteroatoms. The molecule has 1 aromatic heterocycles. The summed E-state index contributed by atoms with van der Waals surface area (Å²) >= 11 is 0. The van der Waals surface area contributed by atoms with Gasteiger partial charge in [0, 0.05) is 45.2 Å². The zero-order valence-electron chi connectivity index (χ0n) is 16.7. The molecule has 0 atom stereocenters. The van der Waals surface area contributed by atoms with Crippen LogP contribution in [0.2, 0.25) is 0 Å². The van der Waals surface area contributed by atoms with Crippen molar-refractivity contribution < 1.29 is 22.3 Å². The number of ether oxygens (including phenoxy) is 1. The second-order valence-electron chi connectivity index (χ2n) is 7.16. The zero-order valence-corrected chi connectivity index (χ0v) is 16.7. The lowest BCUT2D eigenvalue weighted by atomic mass is 10.1. The number of nitrogens with zero attached hydrogens (tertiary/aromatic N) is 2. The first-order valence-corrected chi connectivity index (χ1v) is 9.61. The van der Waals surface area contributed by atoms with Gasteiger partial charge in [-0.1, -0.05) is 30.3 Å². The van der Waals surface area contributed by atoms with Crippen molar-refractivity contribution in [1.82, 2.24) is 9.47 Å². The minimum atomic E-state index is -4.36. The Hall–Kier alpha value is -2.64. The van der Waals surface area contributed by atoms with Gasteiger partial charge in [0.15, 0.2) is 0 Å². The van der Waals surface area contributed by atoms with Gasteiger partial charge in [-0.3, -0.25) is 4.90 Å². The van der Waals surface area contributed by atoms with Gasteiger partial charge in [0.05, 0.1) is 12.2 Å². The lowest BCUT2D eigenvalue weighted by Gasteiger charge is -2.23. The molecular formula is C23H24F4N2O. The Morgan fingerprint density at radius 3 is 2.40 bits per heavy atom. The molecular weight excluding hydrogens is 396 g/mol. The number of aromatic nitrogens is 1. The highest BCUT2D eigenvalue weighted by atomic mass is 19.4. The van der Waals surface area contributed by atoms with Crippen molar-refractivity contribution in [1.29, 1.82) is 0 Å². The van der Waals surface area contributed by atoms with Gasteiger partial charge in [0.1, 0.15) is 5.82 Å². The third-order valence-electron chi connectivity index (χ3n) is 4.85. The highest BCUT2D eigenvalue weighted by molar-refractivity contribution is 5.26. The lowest BCUT2D eigenvalue weighted by molar-refractivity contribution is -0.137. The molecule has 2 aromatic carbocycles. The summed E-state index contributed by atoms with van der Waals surface area (Å²) in [5, 5.41) is 0. The van der Waals surface area contributed by atoms with Crippen molar-refractivity contribution in [3.05, 3.63) is 95.1 Å². The molecule has 0 bridgehead atoms. The van der Waals surface area contributed by atoms with Crippen LogP contribution in [0.5, 0.6) is 0 Å². The molecule has 0 saturated heterocycles. The van der Waals surface area contributed by atoms with Gasteiger partial charge >= 0.3 is 6.18 Å². The van der Waals surface area contributed by atoms with Crippen LogP contribution in [0, 0.1) is 5.82 Å². The Labute approximate surface area is 173 Å². The topological polar surface area (TPSA) is 17.4 Å². The predicted molar refractivity (Wildman–Crippen MR) is 107 cm³/mol.